The summed E-state index contributed by atoms with van der Waals surface area (Å²) in [4.78, 5) is 0.952. The number of hydrogen-bond acceptors (Lipinski definition) is 2. The van der Waals surface area contributed by atoms with Gasteiger partial charge in [0.2, 0.25) is 0 Å². The third kappa shape index (κ3) is 3.32. The third-order valence-corrected chi connectivity index (χ3v) is 4.62. The standard InChI is InChI=1S/C13H12BrClOS/c1-8-2-3-9(10(15)6-8)7-11(16)12-4-5-13(14)17-12/h2-6,11,16H,7H2,1H3. The second kappa shape index (κ2) is 5.53. The van der Waals surface area contributed by atoms with Crippen molar-refractivity contribution in [3.63, 3.8) is 0 Å². The number of hydrogen-bond donors (Lipinski definition) is 1. The zero-order valence-electron chi connectivity index (χ0n) is 9.28. The van der Waals surface area contributed by atoms with Crippen LogP contribution in [0.4, 0.5) is 0 Å². The van der Waals surface area contributed by atoms with Gasteiger partial charge in [0.05, 0.1) is 9.89 Å². The number of aliphatic hydroxyl groups is 1. The summed E-state index contributed by atoms with van der Waals surface area (Å²) in [6.45, 7) is 2.00. The van der Waals surface area contributed by atoms with Crippen LogP contribution in [0.2, 0.25) is 5.02 Å². The summed E-state index contributed by atoms with van der Waals surface area (Å²) in [7, 11) is 0. The fourth-order valence-corrected chi connectivity index (χ4v) is 3.36. The largest absolute Gasteiger partial charge is 0.387 e. The van der Waals surface area contributed by atoms with Crippen molar-refractivity contribution in [1.82, 2.24) is 0 Å². The zero-order chi connectivity index (χ0) is 12.4. The predicted molar refractivity (Wildman–Crippen MR) is 76.9 cm³/mol. The third-order valence-electron chi connectivity index (χ3n) is 2.54. The molecule has 0 aliphatic heterocycles. The molecule has 1 aromatic heterocycles. The Balaban J connectivity index is 2.15. The Hall–Kier alpha value is -0.350. The number of halogens is 2. The monoisotopic (exact) mass is 330 g/mol. The number of benzene rings is 1. The van der Waals surface area contributed by atoms with E-state index >= 15 is 0 Å². The molecule has 1 N–H and O–H groups in total. The lowest BCUT2D eigenvalue weighted by Gasteiger charge is -2.10. The van der Waals surface area contributed by atoms with E-state index in [4.69, 9.17) is 11.6 Å². The van der Waals surface area contributed by atoms with Crippen molar-refractivity contribution in [2.45, 2.75) is 19.4 Å². The van der Waals surface area contributed by atoms with Crippen LogP contribution in [0.1, 0.15) is 22.1 Å². The van der Waals surface area contributed by atoms with Gasteiger partial charge in [0, 0.05) is 16.3 Å². The van der Waals surface area contributed by atoms with Crippen LogP contribution < -0.4 is 0 Å². The van der Waals surface area contributed by atoms with E-state index in [1.165, 1.54) is 0 Å². The summed E-state index contributed by atoms with van der Waals surface area (Å²) in [5.41, 5.74) is 2.11. The molecule has 0 saturated carbocycles. The van der Waals surface area contributed by atoms with E-state index in [-0.39, 0.29) is 0 Å². The molecular weight excluding hydrogens is 320 g/mol. The maximum Gasteiger partial charge on any atom is 0.0923 e. The Bertz CT molecular complexity index is 524. The summed E-state index contributed by atoms with van der Waals surface area (Å²) in [6.07, 6.45) is 0.0537. The van der Waals surface area contributed by atoms with Gasteiger partial charge in [-0.05, 0) is 52.2 Å². The molecule has 2 rings (SSSR count). The fourth-order valence-electron chi connectivity index (χ4n) is 1.63. The SMILES string of the molecule is Cc1ccc(CC(O)c2ccc(Br)s2)c(Cl)c1. The van der Waals surface area contributed by atoms with Crippen molar-refractivity contribution in [2.24, 2.45) is 0 Å². The summed E-state index contributed by atoms with van der Waals surface area (Å²) in [5.74, 6) is 0. The predicted octanol–water partition coefficient (Wildman–Crippen LogP) is 4.75. The van der Waals surface area contributed by atoms with Gasteiger partial charge in [-0.15, -0.1) is 11.3 Å². The molecular formula is C13H12BrClOS. The minimum absolute atomic E-state index is 0.494. The van der Waals surface area contributed by atoms with E-state index in [2.05, 4.69) is 15.9 Å². The van der Waals surface area contributed by atoms with Crippen molar-refractivity contribution < 1.29 is 5.11 Å². The topological polar surface area (TPSA) is 20.2 Å². The van der Waals surface area contributed by atoms with Gasteiger partial charge >= 0.3 is 0 Å². The van der Waals surface area contributed by atoms with E-state index in [9.17, 15) is 5.11 Å². The fraction of sp³-hybridized carbons (Fsp3) is 0.231. The Morgan fingerprint density at radius 1 is 1.35 bits per heavy atom. The summed E-state index contributed by atoms with van der Waals surface area (Å²) < 4.78 is 1.03. The molecule has 90 valence electrons. The molecule has 1 aromatic carbocycles. The van der Waals surface area contributed by atoms with Crippen molar-refractivity contribution >= 4 is 38.9 Å². The molecule has 0 aliphatic rings. The highest BCUT2D eigenvalue weighted by Gasteiger charge is 2.12. The highest BCUT2D eigenvalue weighted by molar-refractivity contribution is 9.11. The Morgan fingerprint density at radius 3 is 2.71 bits per heavy atom. The van der Waals surface area contributed by atoms with Gasteiger partial charge in [0.25, 0.3) is 0 Å². The molecule has 0 fully saturated rings. The van der Waals surface area contributed by atoms with Crippen molar-refractivity contribution in [1.29, 1.82) is 0 Å². The molecule has 4 heteroatoms. The highest BCUT2D eigenvalue weighted by Crippen LogP contribution is 2.30. The lowest BCUT2D eigenvalue weighted by atomic mass is 10.1. The Labute approximate surface area is 118 Å². The molecule has 0 aliphatic carbocycles. The van der Waals surface area contributed by atoms with E-state index in [1.54, 1.807) is 11.3 Å². The summed E-state index contributed by atoms with van der Waals surface area (Å²) in [5, 5.41) is 10.8. The molecule has 1 heterocycles. The highest BCUT2D eigenvalue weighted by atomic mass is 79.9. The van der Waals surface area contributed by atoms with Crippen LogP contribution in [0.3, 0.4) is 0 Å². The molecule has 2 aromatic rings. The van der Waals surface area contributed by atoms with Crippen molar-refractivity contribution in [2.75, 3.05) is 0 Å². The van der Waals surface area contributed by atoms with Crippen LogP contribution in [0, 0.1) is 6.92 Å². The minimum atomic E-state index is -0.494. The molecule has 1 unspecified atom stereocenters. The average Bonchev–Trinajstić information content (AvgIpc) is 2.69. The van der Waals surface area contributed by atoms with Gasteiger partial charge in [-0.1, -0.05) is 23.7 Å². The van der Waals surface area contributed by atoms with Crippen molar-refractivity contribution in [3.8, 4) is 0 Å². The Kier molecular flexibility index (Phi) is 4.26. The second-order valence-corrected chi connectivity index (χ2v) is 6.86. The second-order valence-electron chi connectivity index (χ2n) is 3.96. The smallest absolute Gasteiger partial charge is 0.0923 e. The van der Waals surface area contributed by atoms with Gasteiger partial charge in [0.1, 0.15) is 0 Å². The first-order chi connectivity index (χ1) is 8.06. The van der Waals surface area contributed by atoms with Crippen LogP contribution in [-0.2, 0) is 6.42 Å². The van der Waals surface area contributed by atoms with Crippen molar-refractivity contribution in [3.05, 3.63) is 55.1 Å². The molecule has 0 radical (unpaired) electrons. The van der Waals surface area contributed by atoms with Crippen LogP contribution >= 0.6 is 38.9 Å². The maximum atomic E-state index is 10.1. The number of aliphatic hydroxyl groups excluding tert-OH is 1. The molecule has 0 saturated heterocycles. The van der Waals surface area contributed by atoms with E-state index in [0.29, 0.717) is 6.42 Å². The molecule has 0 bridgehead atoms. The normalized spacial score (nSPS) is 12.7. The molecule has 1 atom stereocenters. The zero-order valence-corrected chi connectivity index (χ0v) is 12.4. The first kappa shape index (κ1) is 13.1. The molecule has 0 spiro atoms. The molecule has 17 heavy (non-hydrogen) atoms. The number of thiophene rings is 1. The number of aryl methyl sites for hydroxylation is 1. The first-order valence-electron chi connectivity index (χ1n) is 5.24. The van der Waals surface area contributed by atoms with Gasteiger partial charge in [-0.2, -0.15) is 0 Å². The molecule has 1 nitrogen and oxygen atoms in total. The van der Waals surface area contributed by atoms with Gasteiger partial charge in [-0.3, -0.25) is 0 Å². The van der Waals surface area contributed by atoms with E-state index in [0.717, 1.165) is 24.8 Å². The van der Waals surface area contributed by atoms with Gasteiger partial charge < -0.3 is 5.11 Å². The lowest BCUT2D eigenvalue weighted by Crippen LogP contribution is -2.00. The molecule has 0 amide bonds. The summed E-state index contributed by atoms with van der Waals surface area (Å²) in [6, 6.07) is 9.79. The summed E-state index contributed by atoms with van der Waals surface area (Å²) >= 11 is 11.1. The number of rotatable bonds is 3. The van der Waals surface area contributed by atoms with Crippen LogP contribution in [-0.4, -0.2) is 5.11 Å². The van der Waals surface area contributed by atoms with Crippen LogP contribution in [0.5, 0.6) is 0 Å². The maximum absolute atomic E-state index is 10.1. The van der Waals surface area contributed by atoms with E-state index in [1.807, 2.05) is 37.3 Å². The van der Waals surface area contributed by atoms with E-state index < -0.39 is 6.10 Å². The average molecular weight is 332 g/mol. The first-order valence-corrected chi connectivity index (χ1v) is 7.23. The lowest BCUT2D eigenvalue weighted by molar-refractivity contribution is 0.182. The van der Waals surface area contributed by atoms with Crippen LogP contribution in [0.15, 0.2) is 34.1 Å². The van der Waals surface area contributed by atoms with Gasteiger partial charge in [-0.25, -0.2) is 0 Å². The van der Waals surface area contributed by atoms with Crippen LogP contribution in [0.25, 0.3) is 0 Å². The Morgan fingerprint density at radius 2 is 2.12 bits per heavy atom. The quantitative estimate of drug-likeness (QED) is 0.860. The van der Waals surface area contributed by atoms with Gasteiger partial charge in [0.15, 0.2) is 0 Å². The minimum Gasteiger partial charge on any atom is -0.387 e.